The third kappa shape index (κ3) is 5.58. The molecule has 0 spiro atoms. The van der Waals surface area contributed by atoms with Gasteiger partial charge >= 0.3 is 6.18 Å². The fraction of sp³-hybridized carbons (Fsp3) is 0.259. The number of hydrogen-bond acceptors (Lipinski definition) is 1. The Balaban J connectivity index is 1.70. The van der Waals surface area contributed by atoms with Gasteiger partial charge in [0.15, 0.2) is 11.6 Å². The first kappa shape index (κ1) is 23.6. The molecule has 0 heterocycles. The summed E-state index contributed by atoms with van der Waals surface area (Å²) in [6.45, 7) is 5.96. The fourth-order valence-corrected chi connectivity index (χ4v) is 3.89. The van der Waals surface area contributed by atoms with Gasteiger partial charge in [-0.2, -0.15) is 13.2 Å². The van der Waals surface area contributed by atoms with Gasteiger partial charge in [0.1, 0.15) is 5.75 Å². The van der Waals surface area contributed by atoms with Gasteiger partial charge in [-0.15, -0.1) is 6.58 Å². The average Bonchev–Trinajstić information content (AvgIpc) is 2.79. The van der Waals surface area contributed by atoms with Crippen LogP contribution < -0.4 is 4.74 Å². The minimum Gasteiger partial charge on any atom is -0.454 e. The molecule has 0 aliphatic carbocycles. The zero-order valence-electron chi connectivity index (χ0n) is 18.0. The molecule has 3 aromatic rings. The van der Waals surface area contributed by atoms with E-state index in [1.54, 1.807) is 24.3 Å². The first-order chi connectivity index (χ1) is 15.3. The summed E-state index contributed by atoms with van der Waals surface area (Å²) in [5, 5.41) is 0. The number of halogens is 4. The van der Waals surface area contributed by atoms with Crippen molar-refractivity contribution < 1.29 is 22.3 Å². The molecule has 0 aromatic heterocycles. The van der Waals surface area contributed by atoms with E-state index in [1.165, 1.54) is 18.2 Å². The standard InChI is InChI=1S/C27H26F4O/c1-3-26(4-2,21-13-15-22(16-14-21)27(29,30)31)18-8-9-20-12-17-24(28)25(19-20)32-23-10-6-5-7-11-23/h3,5-7,10-17,19H,1,4,8-9,18H2,2H3. The van der Waals surface area contributed by atoms with Crippen molar-refractivity contribution in [3.05, 3.63) is 108 Å². The number of aryl methyl sites for hydroxylation is 1. The number of benzene rings is 3. The maximum absolute atomic E-state index is 14.2. The molecule has 1 nitrogen and oxygen atoms in total. The molecule has 5 heteroatoms. The predicted molar refractivity (Wildman–Crippen MR) is 119 cm³/mol. The molecule has 0 fully saturated rings. The Morgan fingerprint density at radius 3 is 2.16 bits per heavy atom. The molecular weight excluding hydrogens is 416 g/mol. The molecule has 3 rings (SSSR count). The highest BCUT2D eigenvalue weighted by atomic mass is 19.4. The monoisotopic (exact) mass is 442 g/mol. The Morgan fingerprint density at radius 1 is 0.906 bits per heavy atom. The van der Waals surface area contributed by atoms with E-state index in [2.05, 4.69) is 6.58 Å². The molecule has 0 amide bonds. The van der Waals surface area contributed by atoms with Crippen LogP contribution in [0.15, 0.2) is 85.5 Å². The van der Waals surface area contributed by atoms with Crippen molar-refractivity contribution in [2.45, 2.75) is 44.2 Å². The molecule has 0 aliphatic heterocycles. The largest absolute Gasteiger partial charge is 0.454 e. The quantitative estimate of drug-likeness (QED) is 0.238. The molecule has 0 saturated heterocycles. The topological polar surface area (TPSA) is 9.23 Å². The Bertz CT molecular complexity index is 1030. The second kappa shape index (κ2) is 10.0. The Hall–Kier alpha value is -3.08. The SMILES string of the molecule is C=CC(CC)(CCCc1ccc(F)c(Oc2ccccc2)c1)c1ccc(C(F)(F)F)cc1. The molecule has 0 saturated carbocycles. The van der Waals surface area contributed by atoms with Gasteiger partial charge in [-0.3, -0.25) is 0 Å². The highest BCUT2D eigenvalue weighted by Gasteiger charge is 2.32. The lowest BCUT2D eigenvalue weighted by Crippen LogP contribution is -2.23. The van der Waals surface area contributed by atoms with Crippen LogP contribution in [0.2, 0.25) is 0 Å². The lowest BCUT2D eigenvalue weighted by Gasteiger charge is -2.30. The summed E-state index contributed by atoms with van der Waals surface area (Å²) in [5.74, 6) is 0.292. The van der Waals surface area contributed by atoms with Crippen molar-refractivity contribution in [3.63, 3.8) is 0 Å². The average molecular weight is 442 g/mol. The normalized spacial score (nSPS) is 13.4. The van der Waals surface area contributed by atoms with E-state index in [-0.39, 0.29) is 5.75 Å². The van der Waals surface area contributed by atoms with Crippen molar-refractivity contribution in [3.8, 4) is 11.5 Å². The van der Waals surface area contributed by atoms with E-state index in [0.717, 1.165) is 29.7 Å². The smallest absolute Gasteiger partial charge is 0.416 e. The van der Waals surface area contributed by atoms with Crippen LogP contribution in [0, 0.1) is 5.82 Å². The van der Waals surface area contributed by atoms with Crippen LogP contribution in [-0.4, -0.2) is 0 Å². The molecule has 0 N–H and O–H groups in total. The lowest BCUT2D eigenvalue weighted by molar-refractivity contribution is -0.137. The first-order valence-corrected chi connectivity index (χ1v) is 10.6. The maximum atomic E-state index is 14.2. The van der Waals surface area contributed by atoms with Crippen LogP contribution in [0.4, 0.5) is 17.6 Å². The molecule has 168 valence electrons. The van der Waals surface area contributed by atoms with Crippen LogP contribution in [-0.2, 0) is 18.0 Å². The summed E-state index contributed by atoms with van der Waals surface area (Å²) >= 11 is 0. The summed E-state index contributed by atoms with van der Waals surface area (Å²) in [7, 11) is 0. The number of rotatable bonds is 9. The summed E-state index contributed by atoms with van der Waals surface area (Å²) in [6, 6.07) is 19.2. The van der Waals surface area contributed by atoms with Gasteiger partial charge in [0.2, 0.25) is 0 Å². The first-order valence-electron chi connectivity index (χ1n) is 10.6. The van der Waals surface area contributed by atoms with E-state index < -0.39 is 23.0 Å². The zero-order chi connectivity index (χ0) is 23.2. The number of ether oxygens (including phenoxy) is 1. The van der Waals surface area contributed by atoms with Crippen LogP contribution in [0.1, 0.15) is 42.9 Å². The van der Waals surface area contributed by atoms with E-state index >= 15 is 0 Å². The van der Waals surface area contributed by atoms with E-state index in [9.17, 15) is 17.6 Å². The van der Waals surface area contributed by atoms with E-state index in [1.807, 2.05) is 31.2 Å². The predicted octanol–water partition coefficient (Wildman–Crippen LogP) is 8.49. The van der Waals surface area contributed by atoms with Gasteiger partial charge in [0, 0.05) is 5.41 Å². The fourth-order valence-electron chi connectivity index (χ4n) is 3.89. The highest BCUT2D eigenvalue weighted by Crippen LogP contribution is 2.37. The molecule has 3 aromatic carbocycles. The van der Waals surface area contributed by atoms with Gasteiger partial charge in [-0.05, 0) is 73.2 Å². The van der Waals surface area contributed by atoms with Gasteiger partial charge in [-0.25, -0.2) is 4.39 Å². The van der Waals surface area contributed by atoms with Crippen molar-refractivity contribution in [1.29, 1.82) is 0 Å². The highest BCUT2D eigenvalue weighted by molar-refractivity contribution is 5.36. The van der Waals surface area contributed by atoms with Crippen molar-refractivity contribution in [2.24, 2.45) is 0 Å². The number of hydrogen-bond donors (Lipinski definition) is 0. The van der Waals surface area contributed by atoms with E-state index in [0.29, 0.717) is 25.0 Å². The molecular formula is C27H26F4O. The second-order valence-corrected chi connectivity index (χ2v) is 7.82. The lowest BCUT2D eigenvalue weighted by atomic mass is 9.74. The maximum Gasteiger partial charge on any atom is 0.416 e. The van der Waals surface area contributed by atoms with Crippen molar-refractivity contribution in [2.75, 3.05) is 0 Å². The Labute approximate surface area is 186 Å². The Morgan fingerprint density at radius 2 is 1.56 bits per heavy atom. The minimum atomic E-state index is -4.36. The third-order valence-corrected chi connectivity index (χ3v) is 5.86. The molecule has 0 radical (unpaired) electrons. The van der Waals surface area contributed by atoms with Gasteiger partial charge in [0.05, 0.1) is 5.56 Å². The van der Waals surface area contributed by atoms with Crippen LogP contribution >= 0.6 is 0 Å². The van der Waals surface area contributed by atoms with Crippen LogP contribution in [0.25, 0.3) is 0 Å². The zero-order valence-corrected chi connectivity index (χ0v) is 18.0. The number of alkyl halides is 3. The summed E-state index contributed by atoms with van der Waals surface area (Å²) in [6.07, 6.45) is 0.338. The third-order valence-electron chi connectivity index (χ3n) is 5.86. The van der Waals surface area contributed by atoms with Crippen LogP contribution in [0.3, 0.4) is 0 Å². The van der Waals surface area contributed by atoms with Crippen molar-refractivity contribution in [1.82, 2.24) is 0 Å². The number of para-hydroxylation sites is 1. The molecule has 1 atom stereocenters. The molecule has 32 heavy (non-hydrogen) atoms. The molecule has 0 aliphatic rings. The van der Waals surface area contributed by atoms with Crippen LogP contribution in [0.5, 0.6) is 11.5 Å². The number of allylic oxidation sites excluding steroid dienone is 1. The summed E-state index contributed by atoms with van der Waals surface area (Å²) < 4.78 is 58.6. The minimum absolute atomic E-state index is 0.168. The Kier molecular flexibility index (Phi) is 7.39. The van der Waals surface area contributed by atoms with Gasteiger partial charge < -0.3 is 4.74 Å². The molecule has 0 bridgehead atoms. The summed E-state index contributed by atoms with van der Waals surface area (Å²) in [4.78, 5) is 0. The van der Waals surface area contributed by atoms with Gasteiger partial charge in [-0.1, -0.05) is 49.4 Å². The summed E-state index contributed by atoms with van der Waals surface area (Å²) in [5.41, 5.74) is 0.662. The van der Waals surface area contributed by atoms with Crippen molar-refractivity contribution >= 4 is 0 Å². The second-order valence-electron chi connectivity index (χ2n) is 7.82. The van der Waals surface area contributed by atoms with E-state index in [4.69, 9.17) is 4.74 Å². The molecule has 1 unspecified atom stereocenters. The van der Waals surface area contributed by atoms with Gasteiger partial charge in [0.25, 0.3) is 0 Å².